The topological polar surface area (TPSA) is 16.4 Å². The van der Waals surface area contributed by atoms with Crippen molar-refractivity contribution < 1.29 is 4.42 Å². The standard InChI is InChI=1S/C52H35NO/c1-5-16-36(17-6-1)39-28-30-44(31-29-39)53(43-22-11-4-12-23-43)48-26-15-27-49-52(48)51-46-25-14-13-24-45(46)47(35-50(51)54-49)42-33-40(37-18-7-2-8-19-37)32-41(34-42)38-20-9-3-10-21-38/h1-35H. The number of hydrogen-bond acceptors (Lipinski definition) is 2. The SMILES string of the molecule is c1ccc(-c2ccc(N(c3ccccc3)c3cccc4oc5cc(-c6cc(-c7ccccc7)cc(-c7ccccc7)c6)c6ccccc6c5c34)cc2)cc1. The van der Waals surface area contributed by atoms with Crippen LogP contribution in [0.2, 0.25) is 0 Å². The van der Waals surface area contributed by atoms with E-state index >= 15 is 0 Å². The normalized spacial score (nSPS) is 11.3. The third-order valence-corrected chi connectivity index (χ3v) is 10.4. The minimum atomic E-state index is 0.856. The summed E-state index contributed by atoms with van der Waals surface area (Å²) in [7, 11) is 0. The zero-order valence-corrected chi connectivity index (χ0v) is 29.6. The molecule has 0 bridgehead atoms. The van der Waals surface area contributed by atoms with Crippen LogP contribution in [0.25, 0.3) is 77.2 Å². The molecule has 0 fully saturated rings. The van der Waals surface area contributed by atoms with Crippen LogP contribution >= 0.6 is 0 Å². The molecular formula is C52H35NO. The molecular weight excluding hydrogens is 655 g/mol. The Kier molecular flexibility index (Phi) is 7.85. The van der Waals surface area contributed by atoms with Crippen LogP contribution < -0.4 is 4.90 Å². The lowest BCUT2D eigenvalue weighted by Gasteiger charge is -2.26. The lowest BCUT2D eigenvalue weighted by Crippen LogP contribution is -2.10. The van der Waals surface area contributed by atoms with Crippen molar-refractivity contribution in [3.05, 3.63) is 212 Å². The van der Waals surface area contributed by atoms with Crippen LogP contribution in [-0.4, -0.2) is 0 Å². The van der Waals surface area contributed by atoms with Gasteiger partial charge in [0.05, 0.1) is 11.1 Å². The number of hydrogen-bond donors (Lipinski definition) is 0. The Bertz CT molecular complexity index is 2840. The molecule has 254 valence electrons. The number of fused-ring (bicyclic) bond motifs is 5. The minimum Gasteiger partial charge on any atom is -0.456 e. The Balaban J connectivity index is 1.20. The van der Waals surface area contributed by atoms with Crippen LogP contribution in [0.3, 0.4) is 0 Å². The van der Waals surface area contributed by atoms with Crippen molar-refractivity contribution in [2.75, 3.05) is 4.90 Å². The fraction of sp³-hybridized carbons (Fsp3) is 0. The van der Waals surface area contributed by atoms with Gasteiger partial charge in [0.15, 0.2) is 0 Å². The predicted molar refractivity (Wildman–Crippen MR) is 228 cm³/mol. The Morgan fingerprint density at radius 3 is 1.39 bits per heavy atom. The van der Waals surface area contributed by atoms with E-state index in [0.717, 1.165) is 55.5 Å². The Hall–Kier alpha value is -7.16. The Labute approximate surface area is 314 Å². The van der Waals surface area contributed by atoms with Gasteiger partial charge in [-0.25, -0.2) is 0 Å². The molecule has 1 heterocycles. The van der Waals surface area contributed by atoms with Crippen molar-refractivity contribution >= 4 is 49.8 Å². The third-order valence-electron chi connectivity index (χ3n) is 10.4. The van der Waals surface area contributed by atoms with E-state index in [9.17, 15) is 0 Å². The second kappa shape index (κ2) is 13.4. The van der Waals surface area contributed by atoms with E-state index < -0.39 is 0 Å². The number of nitrogens with zero attached hydrogens (tertiary/aromatic N) is 1. The fourth-order valence-corrected chi connectivity index (χ4v) is 7.90. The highest BCUT2D eigenvalue weighted by molar-refractivity contribution is 6.25. The van der Waals surface area contributed by atoms with Crippen LogP contribution in [0.15, 0.2) is 217 Å². The van der Waals surface area contributed by atoms with Gasteiger partial charge in [-0.3, -0.25) is 0 Å². The van der Waals surface area contributed by atoms with Gasteiger partial charge in [0, 0.05) is 16.8 Å². The largest absolute Gasteiger partial charge is 0.456 e. The van der Waals surface area contributed by atoms with Crippen LogP contribution in [-0.2, 0) is 0 Å². The Morgan fingerprint density at radius 1 is 0.296 bits per heavy atom. The van der Waals surface area contributed by atoms with E-state index in [1.54, 1.807) is 0 Å². The lowest BCUT2D eigenvalue weighted by atomic mass is 9.90. The van der Waals surface area contributed by atoms with Gasteiger partial charge in [-0.15, -0.1) is 0 Å². The molecule has 0 spiro atoms. The van der Waals surface area contributed by atoms with Crippen molar-refractivity contribution in [2.45, 2.75) is 0 Å². The number of para-hydroxylation sites is 1. The quantitative estimate of drug-likeness (QED) is 0.166. The highest BCUT2D eigenvalue weighted by atomic mass is 16.3. The van der Waals surface area contributed by atoms with Crippen LogP contribution in [0, 0.1) is 0 Å². The van der Waals surface area contributed by atoms with E-state index in [2.05, 4.69) is 217 Å². The summed E-state index contributed by atoms with van der Waals surface area (Å²) in [5.41, 5.74) is 14.4. The van der Waals surface area contributed by atoms with Gasteiger partial charge in [0.25, 0.3) is 0 Å². The van der Waals surface area contributed by atoms with Crippen molar-refractivity contribution in [2.24, 2.45) is 0 Å². The van der Waals surface area contributed by atoms with Gasteiger partial charge in [-0.2, -0.15) is 0 Å². The monoisotopic (exact) mass is 689 g/mol. The van der Waals surface area contributed by atoms with E-state index in [-0.39, 0.29) is 0 Å². The molecule has 0 aliphatic heterocycles. The van der Waals surface area contributed by atoms with Gasteiger partial charge in [-0.1, -0.05) is 152 Å². The molecule has 0 saturated heterocycles. The van der Waals surface area contributed by atoms with Gasteiger partial charge in [0.2, 0.25) is 0 Å². The van der Waals surface area contributed by atoms with Crippen LogP contribution in [0.1, 0.15) is 0 Å². The minimum absolute atomic E-state index is 0.856. The van der Waals surface area contributed by atoms with Crippen LogP contribution in [0.5, 0.6) is 0 Å². The maximum Gasteiger partial charge on any atom is 0.137 e. The molecule has 54 heavy (non-hydrogen) atoms. The third kappa shape index (κ3) is 5.62. The lowest BCUT2D eigenvalue weighted by molar-refractivity contribution is 0.669. The smallest absolute Gasteiger partial charge is 0.137 e. The predicted octanol–water partition coefficient (Wildman–Crippen LogP) is 14.9. The first-order valence-electron chi connectivity index (χ1n) is 18.4. The zero-order chi connectivity index (χ0) is 35.8. The number of furan rings is 1. The summed E-state index contributed by atoms with van der Waals surface area (Å²) in [5, 5.41) is 4.55. The fourth-order valence-electron chi connectivity index (χ4n) is 7.90. The van der Waals surface area contributed by atoms with Crippen molar-refractivity contribution in [3.63, 3.8) is 0 Å². The molecule has 10 rings (SSSR count). The number of rotatable bonds is 7. The summed E-state index contributed by atoms with van der Waals surface area (Å²) in [5.74, 6) is 0. The summed E-state index contributed by atoms with van der Waals surface area (Å²) >= 11 is 0. The van der Waals surface area contributed by atoms with Gasteiger partial charge < -0.3 is 9.32 Å². The molecule has 2 heteroatoms. The van der Waals surface area contributed by atoms with Crippen molar-refractivity contribution in [1.29, 1.82) is 0 Å². The second-order valence-electron chi connectivity index (χ2n) is 13.7. The maximum absolute atomic E-state index is 6.87. The molecule has 0 unspecified atom stereocenters. The summed E-state index contributed by atoms with van der Waals surface area (Å²) in [6.45, 7) is 0. The van der Waals surface area contributed by atoms with Gasteiger partial charge >= 0.3 is 0 Å². The summed E-state index contributed by atoms with van der Waals surface area (Å²) in [6.07, 6.45) is 0. The summed E-state index contributed by atoms with van der Waals surface area (Å²) in [4.78, 5) is 2.35. The number of anilines is 3. The molecule has 0 saturated carbocycles. The molecule has 1 aromatic heterocycles. The molecule has 10 aromatic rings. The molecule has 9 aromatic carbocycles. The first-order valence-corrected chi connectivity index (χ1v) is 18.4. The molecule has 0 radical (unpaired) electrons. The molecule has 0 N–H and O–H groups in total. The highest BCUT2D eigenvalue weighted by Gasteiger charge is 2.22. The van der Waals surface area contributed by atoms with E-state index in [1.165, 1.54) is 38.8 Å². The van der Waals surface area contributed by atoms with E-state index in [1.807, 2.05) is 0 Å². The first kappa shape index (κ1) is 31.6. The second-order valence-corrected chi connectivity index (χ2v) is 13.7. The zero-order valence-electron chi connectivity index (χ0n) is 29.6. The summed E-state index contributed by atoms with van der Waals surface area (Å²) < 4.78 is 6.87. The molecule has 2 nitrogen and oxygen atoms in total. The first-order chi connectivity index (χ1) is 26.8. The van der Waals surface area contributed by atoms with Gasteiger partial charge in [0.1, 0.15) is 11.2 Å². The maximum atomic E-state index is 6.87. The van der Waals surface area contributed by atoms with E-state index in [0.29, 0.717) is 0 Å². The Morgan fingerprint density at radius 2 is 0.778 bits per heavy atom. The molecule has 0 aliphatic carbocycles. The highest BCUT2D eigenvalue weighted by Crippen LogP contribution is 2.47. The van der Waals surface area contributed by atoms with E-state index in [4.69, 9.17) is 4.42 Å². The van der Waals surface area contributed by atoms with Gasteiger partial charge in [-0.05, 0) is 116 Å². The van der Waals surface area contributed by atoms with Crippen molar-refractivity contribution in [3.8, 4) is 44.5 Å². The molecule has 0 amide bonds. The van der Waals surface area contributed by atoms with Crippen molar-refractivity contribution in [1.82, 2.24) is 0 Å². The average Bonchev–Trinajstić information content (AvgIpc) is 3.65. The average molecular weight is 690 g/mol. The van der Waals surface area contributed by atoms with Crippen LogP contribution in [0.4, 0.5) is 17.1 Å². The molecule has 0 aliphatic rings. The molecule has 0 atom stereocenters. The number of benzene rings is 9. The summed E-state index contributed by atoms with van der Waals surface area (Å²) in [6, 6.07) is 75.7.